The van der Waals surface area contributed by atoms with Gasteiger partial charge in [0.25, 0.3) is 0 Å². The van der Waals surface area contributed by atoms with Crippen LogP contribution in [0.25, 0.3) is 0 Å². The fraction of sp³-hybridized carbons (Fsp3) is 0.857. The smallest absolute Gasteiger partial charge is 0.206 e. The van der Waals surface area contributed by atoms with Crippen molar-refractivity contribution in [1.29, 1.82) is 0 Å². The zero-order valence-electron chi connectivity index (χ0n) is 6.75. The second-order valence-electron chi connectivity index (χ2n) is 2.31. The van der Waals surface area contributed by atoms with Crippen LogP contribution in [0.15, 0.2) is 0 Å². The number of thiol groups is 1. The van der Waals surface area contributed by atoms with Crippen LogP contribution in [-0.2, 0) is 4.79 Å². The van der Waals surface area contributed by atoms with E-state index in [0.717, 1.165) is 18.6 Å². The monoisotopic (exact) mass is 193 g/mol. The van der Waals surface area contributed by atoms with Crippen LogP contribution in [0.2, 0.25) is 0 Å². The Bertz CT molecular complexity index is 119. The van der Waals surface area contributed by atoms with Crippen molar-refractivity contribution < 1.29 is 4.79 Å². The maximum atomic E-state index is 11.0. The third-order valence-corrected chi connectivity index (χ3v) is 2.72. The van der Waals surface area contributed by atoms with Crippen molar-refractivity contribution in [3.63, 3.8) is 0 Å². The number of rotatable bonds is 5. The van der Waals surface area contributed by atoms with Gasteiger partial charge in [-0.05, 0) is 6.42 Å². The lowest BCUT2D eigenvalue weighted by Crippen LogP contribution is -2.30. The van der Waals surface area contributed by atoms with Gasteiger partial charge in [0.15, 0.2) is 0 Å². The van der Waals surface area contributed by atoms with Crippen molar-refractivity contribution >= 4 is 29.5 Å². The Morgan fingerprint density at radius 1 is 1.73 bits per heavy atom. The third-order valence-electron chi connectivity index (χ3n) is 1.24. The van der Waals surface area contributed by atoms with Crippen molar-refractivity contribution in [2.24, 2.45) is 5.73 Å². The number of thioether (sulfide) groups is 1. The minimum atomic E-state index is -0.389. The lowest BCUT2D eigenvalue weighted by Gasteiger charge is -2.04. The Morgan fingerprint density at radius 3 is 2.82 bits per heavy atom. The lowest BCUT2D eigenvalue weighted by atomic mass is 10.4. The van der Waals surface area contributed by atoms with Crippen LogP contribution in [0.1, 0.15) is 19.8 Å². The van der Waals surface area contributed by atoms with Crippen LogP contribution in [0.3, 0.4) is 0 Å². The lowest BCUT2D eigenvalue weighted by molar-refractivity contribution is -0.111. The van der Waals surface area contributed by atoms with E-state index in [9.17, 15) is 4.79 Å². The van der Waals surface area contributed by atoms with Gasteiger partial charge in [-0.1, -0.05) is 25.1 Å². The van der Waals surface area contributed by atoms with E-state index in [-0.39, 0.29) is 11.2 Å². The molecular weight excluding hydrogens is 178 g/mol. The second kappa shape index (κ2) is 7.00. The van der Waals surface area contributed by atoms with Gasteiger partial charge in [-0.25, -0.2) is 0 Å². The van der Waals surface area contributed by atoms with Crippen LogP contribution in [0, 0.1) is 0 Å². The van der Waals surface area contributed by atoms with Gasteiger partial charge in [-0.3, -0.25) is 4.79 Å². The third kappa shape index (κ3) is 5.58. The second-order valence-corrected chi connectivity index (χ2v) is 3.77. The van der Waals surface area contributed by atoms with E-state index in [1.54, 1.807) is 0 Å². The molecular formula is C7H15NOS2. The fourth-order valence-electron chi connectivity index (χ4n) is 0.499. The Morgan fingerprint density at radius 2 is 2.36 bits per heavy atom. The van der Waals surface area contributed by atoms with Crippen LogP contribution < -0.4 is 5.73 Å². The number of carbonyl (C=O) groups is 1. The van der Waals surface area contributed by atoms with Crippen LogP contribution in [0.5, 0.6) is 0 Å². The molecule has 0 heterocycles. The van der Waals surface area contributed by atoms with Gasteiger partial charge in [-0.15, -0.1) is 0 Å². The fourth-order valence-corrected chi connectivity index (χ4v) is 1.72. The molecule has 0 fully saturated rings. The van der Waals surface area contributed by atoms with Crippen LogP contribution >= 0.6 is 24.4 Å². The first-order valence-corrected chi connectivity index (χ1v) is 5.37. The molecule has 0 aliphatic heterocycles. The molecule has 2 nitrogen and oxygen atoms in total. The Kier molecular flexibility index (Phi) is 7.22. The average Bonchev–Trinajstić information content (AvgIpc) is 2.03. The van der Waals surface area contributed by atoms with Crippen molar-refractivity contribution in [2.45, 2.75) is 25.8 Å². The molecule has 0 saturated heterocycles. The van der Waals surface area contributed by atoms with Gasteiger partial charge in [0.05, 0.1) is 6.04 Å². The van der Waals surface area contributed by atoms with Crippen molar-refractivity contribution in [2.75, 3.05) is 11.5 Å². The van der Waals surface area contributed by atoms with E-state index >= 15 is 0 Å². The highest BCUT2D eigenvalue weighted by molar-refractivity contribution is 8.13. The van der Waals surface area contributed by atoms with Crippen molar-refractivity contribution in [3.05, 3.63) is 0 Å². The highest BCUT2D eigenvalue weighted by atomic mass is 32.2. The minimum Gasteiger partial charge on any atom is -0.320 e. The normalized spacial score (nSPS) is 13.0. The van der Waals surface area contributed by atoms with Gasteiger partial charge in [-0.2, -0.15) is 12.6 Å². The maximum Gasteiger partial charge on any atom is 0.206 e. The topological polar surface area (TPSA) is 43.1 Å². The first-order chi connectivity index (χ1) is 5.22. The molecule has 0 rings (SSSR count). The largest absolute Gasteiger partial charge is 0.320 e. The number of unbranched alkanes of at least 4 members (excludes halogenated alkanes) is 1. The molecule has 0 spiro atoms. The summed E-state index contributed by atoms with van der Waals surface area (Å²) in [5.41, 5.74) is 5.45. The summed E-state index contributed by atoms with van der Waals surface area (Å²) in [6, 6.07) is -0.389. The Labute approximate surface area is 77.7 Å². The molecule has 2 N–H and O–H groups in total. The van der Waals surface area contributed by atoms with E-state index in [2.05, 4.69) is 19.6 Å². The first-order valence-electron chi connectivity index (χ1n) is 3.75. The highest BCUT2D eigenvalue weighted by Crippen LogP contribution is 2.08. The molecule has 0 saturated carbocycles. The number of hydrogen-bond donors (Lipinski definition) is 2. The van der Waals surface area contributed by atoms with Gasteiger partial charge in [0.1, 0.15) is 0 Å². The average molecular weight is 193 g/mol. The van der Waals surface area contributed by atoms with E-state index in [0.29, 0.717) is 5.75 Å². The molecule has 66 valence electrons. The summed E-state index contributed by atoms with van der Waals surface area (Å²) in [7, 11) is 0. The van der Waals surface area contributed by atoms with E-state index in [1.807, 2.05) is 0 Å². The summed E-state index contributed by atoms with van der Waals surface area (Å²) in [5, 5.41) is 0.0634. The van der Waals surface area contributed by atoms with E-state index in [4.69, 9.17) is 5.73 Å². The van der Waals surface area contributed by atoms with Gasteiger partial charge >= 0.3 is 0 Å². The molecule has 0 aliphatic rings. The zero-order valence-corrected chi connectivity index (χ0v) is 8.46. The van der Waals surface area contributed by atoms with E-state index < -0.39 is 0 Å². The number of nitrogens with two attached hydrogens (primary N) is 1. The van der Waals surface area contributed by atoms with Gasteiger partial charge < -0.3 is 5.73 Å². The predicted molar refractivity (Wildman–Crippen MR) is 54.2 cm³/mol. The quantitative estimate of drug-likeness (QED) is 0.511. The molecule has 0 aromatic heterocycles. The minimum absolute atomic E-state index is 0.0634. The predicted octanol–water partition coefficient (Wildman–Crippen LogP) is 1.30. The standard InChI is InChI=1S/C7H15NOS2/c1-2-3-4-11-7(9)6(8)5-10/h6,10H,2-5,8H2,1H3/t6-/m0/s1. The Hall–Kier alpha value is 0.330. The SMILES string of the molecule is CCCCSC(=O)[C@@H](N)CS. The summed E-state index contributed by atoms with van der Waals surface area (Å²) in [6.45, 7) is 2.10. The molecule has 0 radical (unpaired) electrons. The van der Waals surface area contributed by atoms with E-state index in [1.165, 1.54) is 11.8 Å². The number of hydrogen-bond acceptors (Lipinski definition) is 4. The molecule has 0 bridgehead atoms. The molecule has 0 aliphatic carbocycles. The number of carbonyl (C=O) groups excluding carboxylic acids is 1. The molecule has 0 amide bonds. The first kappa shape index (κ1) is 11.3. The maximum absolute atomic E-state index is 11.0. The molecule has 0 aromatic rings. The summed E-state index contributed by atoms with van der Waals surface area (Å²) in [6.07, 6.45) is 2.20. The molecule has 0 aromatic carbocycles. The van der Waals surface area contributed by atoms with Crippen molar-refractivity contribution in [3.8, 4) is 0 Å². The van der Waals surface area contributed by atoms with Gasteiger partial charge in [0, 0.05) is 11.5 Å². The van der Waals surface area contributed by atoms with Crippen LogP contribution in [-0.4, -0.2) is 22.7 Å². The molecule has 11 heavy (non-hydrogen) atoms. The summed E-state index contributed by atoms with van der Waals surface area (Å²) in [5.74, 6) is 1.33. The zero-order chi connectivity index (χ0) is 8.69. The molecule has 4 heteroatoms. The molecule has 1 atom stereocenters. The Balaban J connectivity index is 3.36. The van der Waals surface area contributed by atoms with Crippen LogP contribution in [0.4, 0.5) is 0 Å². The highest BCUT2D eigenvalue weighted by Gasteiger charge is 2.10. The van der Waals surface area contributed by atoms with Crippen molar-refractivity contribution in [1.82, 2.24) is 0 Å². The molecule has 0 unspecified atom stereocenters. The summed E-state index contributed by atoms with van der Waals surface area (Å²) >= 11 is 5.26. The summed E-state index contributed by atoms with van der Waals surface area (Å²) in [4.78, 5) is 11.0. The van der Waals surface area contributed by atoms with Gasteiger partial charge in [0.2, 0.25) is 5.12 Å². The summed E-state index contributed by atoms with van der Waals surface area (Å²) < 4.78 is 0.